The summed E-state index contributed by atoms with van der Waals surface area (Å²) in [6, 6.07) is 0. The van der Waals surface area contributed by atoms with Crippen molar-refractivity contribution in [2.24, 2.45) is 0 Å². The van der Waals surface area contributed by atoms with Crippen LogP contribution in [-0.2, 0) is 33.8 Å². The van der Waals surface area contributed by atoms with Gasteiger partial charge in [0.05, 0.1) is 0 Å². The van der Waals surface area contributed by atoms with Gasteiger partial charge in [-0.25, -0.2) is 0 Å². The second-order valence-electron chi connectivity index (χ2n) is 0. The normalized spacial score (nSPS) is 0.667. The molecule has 34 valence electrons. The standard InChI is InChI=1S/2CN.Co.Mn/c2*1-2;;/q2*-1;+2;. The van der Waals surface area contributed by atoms with E-state index in [0.29, 0.717) is 0 Å². The van der Waals surface area contributed by atoms with Crippen LogP contribution in [0.2, 0.25) is 0 Å². The van der Waals surface area contributed by atoms with Crippen LogP contribution in [0.5, 0.6) is 0 Å². The Morgan fingerprint density at radius 3 is 0.833 bits per heavy atom. The summed E-state index contributed by atoms with van der Waals surface area (Å²) in [5.74, 6) is 0. The van der Waals surface area contributed by atoms with E-state index in [2.05, 4.69) is 0 Å². The van der Waals surface area contributed by atoms with Crippen LogP contribution in [0.3, 0.4) is 0 Å². The molecule has 0 aromatic carbocycles. The molecular weight excluding hydrogens is 166 g/mol. The molecule has 2 radical (unpaired) electrons. The Kier molecular flexibility index (Phi) is 14000000. The van der Waals surface area contributed by atoms with Crippen LogP contribution in [0, 0.1) is 23.7 Å². The van der Waals surface area contributed by atoms with E-state index in [1.54, 1.807) is 0 Å². The molecule has 0 saturated carbocycles. The molecule has 0 N–H and O–H groups in total. The quantitative estimate of drug-likeness (QED) is 0.380. The van der Waals surface area contributed by atoms with Crippen LogP contribution in [0.4, 0.5) is 0 Å². The van der Waals surface area contributed by atoms with Crippen molar-refractivity contribution in [1.29, 1.82) is 10.5 Å². The molecule has 6 heavy (non-hydrogen) atoms. The largest absolute Gasteiger partial charge is 2.00 e. The van der Waals surface area contributed by atoms with E-state index in [9.17, 15) is 0 Å². The van der Waals surface area contributed by atoms with Gasteiger partial charge in [0, 0.05) is 17.1 Å². The number of nitrogens with zero attached hydrogens (tertiary/aromatic N) is 2. The molecule has 0 aromatic rings. The van der Waals surface area contributed by atoms with Crippen LogP contribution >= 0.6 is 0 Å². The van der Waals surface area contributed by atoms with Crippen molar-refractivity contribution >= 4 is 0 Å². The summed E-state index contributed by atoms with van der Waals surface area (Å²) in [7, 11) is 0. The minimum atomic E-state index is 0. The summed E-state index contributed by atoms with van der Waals surface area (Å²) in [4.78, 5) is 0. The Bertz CT molecular complexity index is 27.0. The molecular formula is C2CoMnN2. The van der Waals surface area contributed by atoms with Gasteiger partial charge >= 0.3 is 16.8 Å². The predicted octanol–water partition coefficient (Wildman–Crippen LogP) is 0.188. The molecule has 2 nitrogen and oxygen atoms in total. The second kappa shape index (κ2) is 2250000. The van der Waals surface area contributed by atoms with E-state index in [1.807, 2.05) is 0 Å². The third kappa shape index (κ3) is 1010000. The molecule has 0 heterocycles. The van der Waals surface area contributed by atoms with Crippen molar-refractivity contribution in [1.82, 2.24) is 0 Å². The van der Waals surface area contributed by atoms with Gasteiger partial charge in [0.1, 0.15) is 0 Å². The molecule has 4 heteroatoms. The smallest absolute Gasteiger partial charge is 0.512 e. The van der Waals surface area contributed by atoms with Gasteiger partial charge in [-0.3, -0.25) is 0 Å². The average Bonchev–Trinajstić information content (AvgIpc) is 1.50. The molecule has 0 unspecified atom stereocenters. The maximum absolute atomic E-state index is 6.25. The zero-order valence-corrected chi connectivity index (χ0v) is 4.83. The minimum absolute atomic E-state index is 0. The maximum Gasteiger partial charge on any atom is 2.00 e. The van der Waals surface area contributed by atoms with Crippen LogP contribution in [0.15, 0.2) is 0 Å². The summed E-state index contributed by atoms with van der Waals surface area (Å²) in [5.41, 5.74) is 0. The number of hydrogen-bond acceptors (Lipinski definition) is 2. The summed E-state index contributed by atoms with van der Waals surface area (Å²) in [6.45, 7) is 9.50. The Morgan fingerprint density at radius 1 is 0.833 bits per heavy atom. The first-order valence-corrected chi connectivity index (χ1v) is 0.447. The molecule has 0 spiro atoms. The second-order valence-corrected chi connectivity index (χ2v) is 0. The van der Waals surface area contributed by atoms with Crippen LogP contribution in [0.1, 0.15) is 0 Å². The number of rotatable bonds is 0. The first-order valence-electron chi connectivity index (χ1n) is 0.447. The molecule has 0 saturated heterocycles. The third-order valence-corrected chi connectivity index (χ3v) is 0. The summed E-state index contributed by atoms with van der Waals surface area (Å²) in [5, 5.41) is 12.5. The zero-order chi connectivity index (χ0) is 4.00. The van der Waals surface area contributed by atoms with Crippen molar-refractivity contribution < 1.29 is 33.8 Å². The van der Waals surface area contributed by atoms with Crippen LogP contribution < -0.4 is 0 Å². The van der Waals surface area contributed by atoms with Gasteiger partial charge in [0.15, 0.2) is 0 Å². The summed E-state index contributed by atoms with van der Waals surface area (Å²) in [6.07, 6.45) is 0. The van der Waals surface area contributed by atoms with Gasteiger partial charge < -0.3 is 23.7 Å². The molecule has 0 amide bonds. The summed E-state index contributed by atoms with van der Waals surface area (Å²) < 4.78 is 0. The van der Waals surface area contributed by atoms with E-state index in [1.165, 1.54) is 0 Å². The zero-order valence-electron chi connectivity index (χ0n) is 2.61. The van der Waals surface area contributed by atoms with Gasteiger partial charge in [-0.2, -0.15) is 0 Å². The molecule has 0 aromatic heterocycles. The Morgan fingerprint density at radius 2 is 0.833 bits per heavy atom. The molecule has 0 aliphatic heterocycles. The van der Waals surface area contributed by atoms with Gasteiger partial charge in [-0.05, 0) is 0 Å². The van der Waals surface area contributed by atoms with E-state index < -0.39 is 0 Å². The Balaban J connectivity index is -0.00000000500. The molecule has 0 aliphatic rings. The van der Waals surface area contributed by atoms with Gasteiger partial charge in [0.2, 0.25) is 0 Å². The predicted molar refractivity (Wildman–Crippen MR) is 9.94 cm³/mol. The maximum atomic E-state index is 6.25. The van der Waals surface area contributed by atoms with Crippen molar-refractivity contribution in [3.8, 4) is 0 Å². The van der Waals surface area contributed by atoms with Crippen LogP contribution in [-0.4, -0.2) is 0 Å². The van der Waals surface area contributed by atoms with E-state index >= 15 is 0 Å². The van der Waals surface area contributed by atoms with Crippen molar-refractivity contribution in [2.45, 2.75) is 0 Å². The Labute approximate surface area is 57.8 Å². The third-order valence-electron chi connectivity index (χ3n) is 0. The minimum Gasteiger partial charge on any atom is -0.512 e. The van der Waals surface area contributed by atoms with Crippen LogP contribution in [0.25, 0.3) is 0 Å². The first-order chi connectivity index (χ1) is 2.00. The fraction of sp³-hybridized carbons (Fsp3) is 0. The van der Waals surface area contributed by atoms with Crippen molar-refractivity contribution in [3.63, 3.8) is 0 Å². The van der Waals surface area contributed by atoms with Gasteiger partial charge in [0.25, 0.3) is 0 Å². The topological polar surface area (TPSA) is 47.6 Å². The molecule has 0 rings (SSSR count). The molecule has 0 aliphatic carbocycles. The Hall–Kier alpha value is 0.00597. The van der Waals surface area contributed by atoms with Crippen molar-refractivity contribution in [3.05, 3.63) is 13.1 Å². The molecule has 0 atom stereocenters. The van der Waals surface area contributed by atoms with E-state index in [4.69, 9.17) is 23.7 Å². The average molecular weight is 166 g/mol. The fourth-order valence-corrected chi connectivity index (χ4v) is 0. The molecule has 0 bridgehead atoms. The van der Waals surface area contributed by atoms with E-state index in [-0.39, 0.29) is 33.8 Å². The molecule has 0 fully saturated rings. The number of hydrogen-bond donors (Lipinski definition) is 0. The fourth-order valence-electron chi connectivity index (χ4n) is 0. The van der Waals surface area contributed by atoms with E-state index in [0.717, 1.165) is 0 Å². The summed E-state index contributed by atoms with van der Waals surface area (Å²) >= 11 is 0. The monoisotopic (exact) mass is 166 g/mol. The SMILES string of the molecule is [C-]#N.[C-]#N.[Co+2].[Mn]. The van der Waals surface area contributed by atoms with Gasteiger partial charge in [-0.1, -0.05) is 0 Å². The van der Waals surface area contributed by atoms with Crippen molar-refractivity contribution in [2.75, 3.05) is 0 Å². The van der Waals surface area contributed by atoms with Gasteiger partial charge in [-0.15, -0.1) is 0 Å². The first kappa shape index (κ1) is 37.4.